The van der Waals surface area contributed by atoms with Crippen LogP contribution in [0, 0.1) is 0 Å². The van der Waals surface area contributed by atoms with Crippen molar-refractivity contribution in [3.63, 3.8) is 0 Å². The smallest absolute Gasteiger partial charge is 0.0229 e. The zero-order valence-corrected chi connectivity index (χ0v) is 97.6. The van der Waals surface area contributed by atoms with Gasteiger partial charge in [0.05, 0.1) is 0 Å². The molecule has 0 nitrogen and oxygen atoms in total. The van der Waals surface area contributed by atoms with Gasteiger partial charge >= 0.3 is 0 Å². The summed E-state index contributed by atoms with van der Waals surface area (Å²) in [6.45, 7) is 108. The Morgan fingerprint density at radius 2 is 0.531 bits per heavy atom. The SMILES string of the molecule is CC(C)(C)S(=S)(=S=S)C(C)(C)C.CC(C)(C)S(=S)S(=S)C(C)(C)C.CC(C)(C)S1(=S)(C(C)(C)C)SS1.CC(C)(C)S12SS1(C(C)(C)C)S2.CC(C)(C)SS(=S)S(=S)C(C)(C)C.CC(C)(C)SS(=S)S(=S)SC(C)(C)C.CC(C)(C)SS(=S)SC(C)(C)C.CC(C)(C)SSSC(C)(C)C. The number of hydrogen-bond acceptors (Lipinski definition) is 22. The highest BCUT2D eigenvalue weighted by atomic mass is 34.7. The van der Waals surface area contributed by atoms with Crippen molar-refractivity contribution in [2.24, 2.45) is 0 Å². The van der Waals surface area contributed by atoms with Gasteiger partial charge < -0.3 is 0 Å². The van der Waals surface area contributed by atoms with Crippen LogP contribution in [0.4, 0.5) is 0 Å². The lowest BCUT2D eigenvalue weighted by Crippen LogP contribution is -2.47. The molecule has 3 rings (SSSR count). The van der Waals surface area contributed by atoms with E-state index >= 15 is 0 Å². The summed E-state index contributed by atoms with van der Waals surface area (Å²) >= 11 is 55.0. The zero-order valence-electron chi connectivity index (χ0n) is 69.9. The van der Waals surface area contributed by atoms with Crippen molar-refractivity contribution in [3.05, 3.63) is 0 Å². The van der Waals surface area contributed by atoms with E-state index in [2.05, 4.69) is 352 Å². The lowest BCUT2D eigenvalue weighted by atomic mass is 10.2. The topological polar surface area (TPSA) is 0 Å². The number of fused-ring (bicyclic) bond motifs is 1. The molecule has 0 radical (unpaired) electrons. The Morgan fingerprint density at radius 3 is 0.643 bits per heavy atom. The van der Waals surface area contributed by atoms with Crippen LogP contribution < -0.4 is 0 Å². The highest BCUT2D eigenvalue weighted by molar-refractivity contribution is 10.2. The van der Waals surface area contributed by atoms with E-state index in [0.717, 1.165) is 0 Å². The molecule has 3 saturated heterocycles. The molecule has 3 aliphatic rings. The van der Waals surface area contributed by atoms with Gasteiger partial charge in [-0.15, -0.1) is 0 Å². The summed E-state index contributed by atoms with van der Waals surface area (Å²) in [6, 6.07) is 0. The maximum atomic E-state index is 5.97. The van der Waals surface area contributed by atoms with E-state index in [1.54, 1.807) is 0 Å². The molecule has 3 fully saturated rings. The third-order valence-corrected chi connectivity index (χ3v) is 139. The Morgan fingerprint density at radius 1 is 0.316 bits per heavy atom. The minimum absolute atomic E-state index is 0.00772. The Balaban J connectivity index is -0.000000336. The second-order valence-corrected chi connectivity index (χ2v) is 133. The second kappa shape index (κ2) is 42.9. The quantitative estimate of drug-likeness (QED) is 0.150. The summed E-state index contributed by atoms with van der Waals surface area (Å²) < 4.78 is 4.62. The molecule has 6 unspecified atom stereocenters. The van der Waals surface area contributed by atoms with Crippen LogP contribution in [0.15, 0.2) is 0 Å². The fourth-order valence-corrected chi connectivity index (χ4v) is 128. The summed E-state index contributed by atoms with van der Waals surface area (Å²) in [7, 11) is 23.0. The normalized spacial score (nSPS) is 22.9. The van der Waals surface area contributed by atoms with Crippen molar-refractivity contribution >= 4 is 328 Å². The monoisotopic (exact) mass is 2000 g/mol. The van der Waals surface area contributed by atoms with Gasteiger partial charge in [-0.05, 0) is 248 Å². The van der Waals surface area contributed by atoms with Crippen molar-refractivity contribution in [1.82, 2.24) is 0 Å². The van der Waals surface area contributed by atoms with E-state index in [1.807, 2.05) is 105 Å². The summed E-state index contributed by atoms with van der Waals surface area (Å²) in [4.78, 5) is 0. The summed E-state index contributed by atoms with van der Waals surface area (Å²) in [5.74, 6) is -1.65. The molecule has 0 aromatic rings. The fraction of sp³-hybridized carbons (Fsp3) is 1.00. The molecule has 0 bridgehead atoms. The molecule has 604 valence electrons. The van der Waals surface area contributed by atoms with Gasteiger partial charge in [0.25, 0.3) is 0 Å². The van der Waals surface area contributed by atoms with Crippen LogP contribution in [0.2, 0.25) is 0 Å². The maximum absolute atomic E-state index is 5.97. The third kappa shape index (κ3) is 46.0. The van der Waals surface area contributed by atoms with Gasteiger partial charge in [-0.3, -0.25) is 0 Å². The van der Waals surface area contributed by atoms with Gasteiger partial charge in [-0.1, -0.05) is 390 Å². The van der Waals surface area contributed by atoms with Crippen LogP contribution in [-0.2, 0) is 189 Å². The Hall–Kier alpha value is 10.5. The van der Waals surface area contributed by atoms with Crippen LogP contribution in [0.25, 0.3) is 0 Å². The number of hydrogen-bond donors (Lipinski definition) is 0. The molecule has 0 amide bonds. The summed E-state index contributed by atoms with van der Waals surface area (Å²) in [5.41, 5.74) is 0. The van der Waals surface area contributed by atoms with Crippen molar-refractivity contribution in [1.29, 1.82) is 0 Å². The van der Waals surface area contributed by atoms with Gasteiger partial charge in [-0.25, -0.2) is 0 Å². The first kappa shape index (κ1) is 117. The van der Waals surface area contributed by atoms with Crippen LogP contribution in [-0.4, -0.2) is 76.0 Å². The van der Waals surface area contributed by atoms with Crippen LogP contribution in [0.3, 0.4) is 0 Å². The van der Waals surface area contributed by atoms with Crippen LogP contribution >= 0.6 is 139 Å². The molecular weight excluding hydrogens is 1860 g/mol. The molecular formula is C64H144S34. The molecule has 0 aromatic carbocycles. The maximum Gasteiger partial charge on any atom is 0.0229 e. The molecule has 3 heterocycles. The van der Waals surface area contributed by atoms with E-state index in [-0.39, 0.29) is 117 Å². The third-order valence-electron chi connectivity index (χ3n) is 10.2. The predicted molar refractivity (Wildman–Crippen MR) is 570 cm³/mol. The lowest BCUT2D eigenvalue weighted by Gasteiger charge is -2.47. The van der Waals surface area contributed by atoms with E-state index in [9.17, 15) is 0 Å². The minimum atomic E-state index is -1.65. The average Bonchev–Trinajstić information content (AvgIpc) is 1.43. The molecule has 0 aliphatic carbocycles. The van der Waals surface area contributed by atoms with Gasteiger partial charge in [-0.2, -0.15) is 0 Å². The fourth-order valence-electron chi connectivity index (χ4n) is 5.78. The van der Waals surface area contributed by atoms with Gasteiger partial charge in [0.15, 0.2) is 0 Å². The first-order valence-electron chi connectivity index (χ1n) is 32.1. The second-order valence-electron chi connectivity index (χ2n) is 38.5. The predicted octanol–water partition coefficient (Wildman–Crippen LogP) is 30.4. The summed E-state index contributed by atoms with van der Waals surface area (Å²) in [6.07, 6.45) is 0. The number of rotatable bonds is 10. The molecule has 0 spiro atoms. The minimum Gasteiger partial charge on any atom is -0.0830 e. The molecule has 0 saturated carbocycles. The standard InChI is InChI=1S/C8H18S6.C8H18S5.5C8H18S4.C8H18S3/c1-7(2,3)11-13(9)14(10)12-8(4,5)6;1-7(2,3)11-13(10)12(9)8(4,5)6;1-7(2,3)11-9-12(11,10-11)8(4,5)6;1-7(2,3)12(9,10-11-12)8(4,5)6;1-7(2,3)12(10,11-9)8(4,5)6;1-7(2,3)11(9)12(10)8(4,5)6;1-7(2,3)10-12(9)11-8(4,5)6;1-7(2,3)9-11-10-8(4,5)6/h1-6H3;1-6H3;5*1-6H3;1-6H3. The van der Waals surface area contributed by atoms with E-state index in [1.165, 1.54) is 8.88 Å². The van der Waals surface area contributed by atoms with Gasteiger partial charge in [0.2, 0.25) is 0 Å². The first-order valence-corrected chi connectivity index (χ1v) is 77.3. The Bertz CT molecular complexity index is 2720. The van der Waals surface area contributed by atoms with Crippen LogP contribution in [0.5, 0.6) is 0 Å². The Kier molecular flexibility index (Phi) is 51.3. The van der Waals surface area contributed by atoms with Gasteiger partial charge in [0, 0.05) is 98.5 Å². The molecule has 98 heavy (non-hydrogen) atoms. The van der Waals surface area contributed by atoms with Crippen LogP contribution in [0.1, 0.15) is 332 Å². The molecule has 6 atom stereocenters. The molecule has 0 N–H and O–H groups in total. The molecule has 0 aromatic heterocycles. The first-order chi connectivity index (χ1) is 41.7. The Labute approximate surface area is 724 Å². The van der Waals surface area contributed by atoms with E-state index in [0.29, 0.717) is 28.5 Å². The molecule has 3 aliphatic heterocycles. The lowest BCUT2D eigenvalue weighted by molar-refractivity contribution is 0.727. The van der Waals surface area contributed by atoms with Gasteiger partial charge in [0.1, 0.15) is 0 Å². The average molecular weight is 2000 g/mol. The van der Waals surface area contributed by atoms with E-state index < -0.39 is 12.9 Å². The summed E-state index contributed by atoms with van der Waals surface area (Å²) in [5, 5.41) is 0. The van der Waals surface area contributed by atoms with Crippen molar-refractivity contribution in [3.8, 4) is 0 Å². The van der Waals surface area contributed by atoms with Crippen molar-refractivity contribution < 1.29 is 0 Å². The zero-order chi connectivity index (χ0) is 81.2. The van der Waals surface area contributed by atoms with Crippen molar-refractivity contribution in [2.45, 2.75) is 408 Å². The highest BCUT2D eigenvalue weighted by Crippen LogP contribution is 3.45. The molecule has 34 heteroatoms. The largest absolute Gasteiger partial charge is 0.0830 e. The van der Waals surface area contributed by atoms with E-state index in [4.69, 9.17) is 112 Å². The highest BCUT2D eigenvalue weighted by Gasteiger charge is 2.87. The van der Waals surface area contributed by atoms with Crippen molar-refractivity contribution in [2.75, 3.05) is 0 Å².